The minimum Gasteiger partial charge on any atom is -0.490 e. The van der Waals surface area contributed by atoms with Gasteiger partial charge in [0.05, 0.1) is 11.9 Å². The van der Waals surface area contributed by atoms with Gasteiger partial charge in [0.25, 0.3) is 0 Å². The summed E-state index contributed by atoms with van der Waals surface area (Å²) in [5.41, 5.74) is 2.48. The zero-order valence-corrected chi connectivity index (χ0v) is 21.9. The van der Waals surface area contributed by atoms with Gasteiger partial charge < -0.3 is 19.5 Å². The van der Waals surface area contributed by atoms with Crippen LogP contribution >= 0.6 is 0 Å². The second-order valence-corrected chi connectivity index (χ2v) is 10.8. The molecule has 1 aliphatic rings. The Morgan fingerprint density at radius 3 is 2.03 bits per heavy atom. The van der Waals surface area contributed by atoms with Gasteiger partial charge in [0.2, 0.25) is 5.88 Å². The summed E-state index contributed by atoms with van der Waals surface area (Å²) in [6, 6.07) is 16.4. The van der Waals surface area contributed by atoms with Crippen molar-refractivity contribution >= 4 is 6.09 Å². The van der Waals surface area contributed by atoms with Gasteiger partial charge >= 0.3 is 6.09 Å². The first-order valence-corrected chi connectivity index (χ1v) is 12.3. The van der Waals surface area contributed by atoms with Gasteiger partial charge in [-0.3, -0.25) is 4.98 Å². The summed E-state index contributed by atoms with van der Waals surface area (Å²) in [5, 5.41) is 2.90. The molecule has 0 radical (unpaired) electrons. The lowest BCUT2D eigenvalue weighted by molar-refractivity contribution is 0.0363. The maximum Gasteiger partial charge on any atom is 0.407 e. The molecule has 1 amide bonds. The minimum atomic E-state index is -0.494. The van der Waals surface area contributed by atoms with Gasteiger partial charge in [0.1, 0.15) is 23.2 Å². The predicted molar refractivity (Wildman–Crippen MR) is 139 cm³/mol. The molecule has 1 N–H and O–H groups in total. The third kappa shape index (κ3) is 6.53. The number of hydrogen-bond acceptors (Lipinski definition) is 6. The maximum atomic E-state index is 11.9. The van der Waals surface area contributed by atoms with Gasteiger partial charge in [-0.25, -0.2) is 9.78 Å². The topological polar surface area (TPSA) is 82.6 Å². The summed E-state index contributed by atoms with van der Waals surface area (Å²) >= 11 is 0. The molecular formula is C29H35N3O4. The highest BCUT2D eigenvalue weighted by atomic mass is 16.6. The van der Waals surface area contributed by atoms with Crippen LogP contribution in [0, 0.1) is 6.92 Å². The molecule has 0 unspecified atom stereocenters. The van der Waals surface area contributed by atoms with Crippen molar-refractivity contribution in [3.05, 3.63) is 77.7 Å². The van der Waals surface area contributed by atoms with Crippen LogP contribution in [-0.4, -0.2) is 33.8 Å². The van der Waals surface area contributed by atoms with E-state index in [9.17, 15) is 4.79 Å². The molecule has 190 valence electrons. The number of carbonyl (C=O) groups is 1. The van der Waals surface area contributed by atoms with Crippen LogP contribution < -0.4 is 14.8 Å². The van der Waals surface area contributed by atoms with Gasteiger partial charge in [-0.15, -0.1) is 0 Å². The fourth-order valence-corrected chi connectivity index (χ4v) is 4.11. The summed E-state index contributed by atoms with van der Waals surface area (Å²) < 4.78 is 17.2. The number of carbonyl (C=O) groups excluding carboxylic acids is 1. The Kier molecular flexibility index (Phi) is 7.20. The molecule has 2 aromatic carbocycles. The largest absolute Gasteiger partial charge is 0.490 e. The van der Waals surface area contributed by atoms with E-state index in [1.54, 1.807) is 12.4 Å². The second-order valence-electron chi connectivity index (χ2n) is 10.8. The quantitative estimate of drug-likeness (QED) is 0.417. The Labute approximate surface area is 213 Å². The van der Waals surface area contributed by atoms with Crippen LogP contribution in [0.25, 0.3) is 0 Å². The molecule has 0 atom stereocenters. The first kappa shape index (κ1) is 25.5. The van der Waals surface area contributed by atoms with Gasteiger partial charge in [-0.1, -0.05) is 38.1 Å². The molecule has 1 saturated carbocycles. The average molecular weight is 490 g/mol. The summed E-state index contributed by atoms with van der Waals surface area (Å²) in [5.74, 6) is 2.03. The standard InChI is InChI=1S/C29H35N3O4/c1-19-17-30-18-26(31-19)35-24-13-9-21(10-14-24)29(5,6)20-7-11-23(12-8-20)34-25-15-22(16-25)32-27(33)36-28(2,3)4/h7-14,17-18,22,25H,15-16H2,1-6H3,(H,32,33)/t22-,25-. The molecule has 3 aromatic rings. The van der Waals surface area contributed by atoms with E-state index in [2.05, 4.69) is 53.4 Å². The van der Waals surface area contributed by atoms with Crippen LogP contribution in [0.3, 0.4) is 0 Å². The van der Waals surface area contributed by atoms with E-state index in [1.807, 2.05) is 52.0 Å². The Balaban J connectivity index is 1.30. The van der Waals surface area contributed by atoms with Crippen LogP contribution in [-0.2, 0) is 10.2 Å². The van der Waals surface area contributed by atoms with E-state index < -0.39 is 5.60 Å². The van der Waals surface area contributed by atoms with Gasteiger partial charge in [-0.05, 0) is 63.1 Å². The molecule has 0 saturated heterocycles. The van der Waals surface area contributed by atoms with E-state index in [0.29, 0.717) is 5.88 Å². The number of ether oxygens (including phenoxy) is 3. The molecule has 7 heteroatoms. The lowest BCUT2D eigenvalue weighted by Gasteiger charge is -2.36. The van der Waals surface area contributed by atoms with Crippen molar-refractivity contribution < 1.29 is 19.0 Å². The SMILES string of the molecule is Cc1cncc(Oc2ccc(C(C)(C)c3ccc(O[C@H]4C[C@H](NC(=O)OC(C)(C)C)C4)cc3)cc2)n1. The van der Waals surface area contributed by atoms with Crippen molar-refractivity contribution in [3.8, 4) is 17.4 Å². The lowest BCUT2D eigenvalue weighted by atomic mass is 9.78. The normalized spacial score (nSPS) is 17.6. The maximum absolute atomic E-state index is 11.9. The molecule has 7 nitrogen and oxygen atoms in total. The highest BCUT2D eigenvalue weighted by Gasteiger charge is 2.33. The smallest absolute Gasteiger partial charge is 0.407 e. The Morgan fingerprint density at radius 2 is 1.47 bits per heavy atom. The van der Waals surface area contributed by atoms with Gasteiger partial charge in [0.15, 0.2) is 0 Å². The van der Waals surface area contributed by atoms with Gasteiger partial charge in [-0.2, -0.15) is 0 Å². The van der Waals surface area contributed by atoms with Crippen LogP contribution in [0.15, 0.2) is 60.9 Å². The number of aryl methyl sites for hydroxylation is 1. The van der Waals surface area contributed by atoms with E-state index in [0.717, 1.165) is 30.0 Å². The molecule has 0 aliphatic heterocycles. The molecule has 36 heavy (non-hydrogen) atoms. The van der Waals surface area contributed by atoms with Crippen molar-refractivity contribution in [3.63, 3.8) is 0 Å². The highest BCUT2D eigenvalue weighted by molar-refractivity contribution is 5.68. The summed E-state index contributed by atoms with van der Waals surface area (Å²) in [6.45, 7) is 11.9. The number of hydrogen-bond donors (Lipinski definition) is 1. The Hall–Kier alpha value is -3.61. The molecule has 1 fully saturated rings. The molecule has 1 heterocycles. The van der Waals surface area contributed by atoms with E-state index in [-0.39, 0.29) is 23.7 Å². The average Bonchev–Trinajstić information content (AvgIpc) is 2.77. The number of aromatic nitrogens is 2. The molecule has 1 aliphatic carbocycles. The highest BCUT2D eigenvalue weighted by Crippen LogP contribution is 2.34. The summed E-state index contributed by atoms with van der Waals surface area (Å²) in [4.78, 5) is 20.4. The second kappa shape index (κ2) is 10.2. The number of nitrogens with one attached hydrogen (secondary N) is 1. The monoisotopic (exact) mass is 489 g/mol. The van der Waals surface area contributed by atoms with E-state index in [4.69, 9.17) is 14.2 Å². The first-order chi connectivity index (χ1) is 17.0. The Morgan fingerprint density at radius 1 is 0.889 bits per heavy atom. The third-order valence-corrected chi connectivity index (χ3v) is 6.23. The third-order valence-electron chi connectivity index (χ3n) is 6.23. The molecular weight excluding hydrogens is 454 g/mol. The van der Waals surface area contributed by atoms with Crippen LogP contribution in [0.4, 0.5) is 4.79 Å². The van der Waals surface area contributed by atoms with Crippen molar-refractivity contribution in [2.45, 2.75) is 77.5 Å². The van der Waals surface area contributed by atoms with E-state index in [1.165, 1.54) is 11.1 Å². The zero-order chi connectivity index (χ0) is 25.9. The van der Waals surface area contributed by atoms with Crippen molar-refractivity contribution in [2.24, 2.45) is 0 Å². The molecule has 1 aromatic heterocycles. The number of alkyl carbamates (subject to hydrolysis) is 1. The molecule has 0 bridgehead atoms. The summed E-state index contributed by atoms with van der Waals surface area (Å²) in [6.07, 6.45) is 4.57. The first-order valence-electron chi connectivity index (χ1n) is 12.3. The molecule has 4 rings (SSSR count). The number of rotatable bonds is 7. The number of nitrogens with zero attached hydrogens (tertiary/aromatic N) is 2. The van der Waals surface area contributed by atoms with Crippen molar-refractivity contribution in [2.75, 3.05) is 0 Å². The van der Waals surface area contributed by atoms with Crippen LogP contribution in [0.2, 0.25) is 0 Å². The lowest BCUT2D eigenvalue weighted by Crippen LogP contribution is -2.50. The predicted octanol–water partition coefficient (Wildman–Crippen LogP) is 6.34. The number of amides is 1. The molecule has 0 spiro atoms. The van der Waals surface area contributed by atoms with Crippen molar-refractivity contribution in [1.29, 1.82) is 0 Å². The number of benzene rings is 2. The summed E-state index contributed by atoms with van der Waals surface area (Å²) in [7, 11) is 0. The fourth-order valence-electron chi connectivity index (χ4n) is 4.11. The fraction of sp³-hybridized carbons (Fsp3) is 0.414. The zero-order valence-electron chi connectivity index (χ0n) is 21.9. The van der Waals surface area contributed by atoms with E-state index >= 15 is 0 Å². The Bertz CT molecular complexity index is 1180. The van der Waals surface area contributed by atoms with Crippen LogP contribution in [0.5, 0.6) is 17.4 Å². The minimum absolute atomic E-state index is 0.0907. The van der Waals surface area contributed by atoms with Gasteiger partial charge in [0, 0.05) is 30.5 Å². The van der Waals surface area contributed by atoms with Crippen LogP contribution in [0.1, 0.15) is 64.3 Å². The van der Waals surface area contributed by atoms with Crippen molar-refractivity contribution in [1.82, 2.24) is 15.3 Å².